The van der Waals surface area contributed by atoms with E-state index in [1.54, 1.807) is 24.3 Å². The van der Waals surface area contributed by atoms with E-state index < -0.39 is 36.4 Å². The SMILES string of the molecule is O=C(CNC(=O)OCc1ccccc1)NCO[C@@H]1CO[C@H]2[C@@H]1OC[C@@H]2N1C(=O)c2ccccc2C1=O. The average molecular weight is 495 g/mol. The second-order valence-electron chi connectivity index (χ2n) is 8.55. The van der Waals surface area contributed by atoms with Crippen LogP contribution >= 0.6 is 0 Å². The molecular formula is C25H25N3O8. The molecule has 0 bridgehead atoms. The number of imide groups is 1. The molecule has 3 aliphatic heterocycles. The number of hydrogen-bond acceptors (Lipinski definition) is 8. The van der Waals surface area contributed by atoms with Crippen LogP contribution in [0.5, 0.6) is 0 Å². The molecule has 0 aliphatic carbocycles. The zero-order chi connectivity index (χ0) is 25.1. The van der Waals surface area contributed by atoms with Gasteiger partial charge < -0.3 is 29.6 Å². The van der Waals surface area contributed by atoms with Crippen molar-refractivity contribution in [2.75, 3.05) is 26.5 Å². The second-order valence-corrected chi connectivity index (χ2v) is 8.55. The molecule has 0 aromatic heterocycles. The van der Waals surface area contributed by atoms with Crippen LogP contribution in [0, 0.1) is 0 Å². The minimum absolute atomic E-state index is 0.101. The van der Waals surface area contributed by atoms with E-state index in [1.165, 1.54) is 4.90 Å². The molecule has 4 atom stereocenters. The fraction of sp³-hybridized carbons (Fsp3) is 0.360. The monoisotopic (exact) mass is 495 g/mol. The summed E-state index contributed by atoms with van der Waals surface area (Å²) in [6.07, 6.45) is -2.20. The Morgan fingerprint density at radius 3 is 2.28 bits per heavy atom. The van der Waals surface area contributed by atoms with Gasteiger partial charge in [-0.15, -0.1) is 0 Å². The third kappa shape index (κ3) is 4.81. The van der Waals surface area contributed by atoms with Gasteiger partial charge in [-0.05, 0) is 17.7 Å². The highest BCUT2D eigenvalue weighted by molar-refractivity contribution is 6.21. The van der Waals surface area contributed by atoms with E-state index in [4.69, 9.17) is 18.9 Å². The maximum absolute atomic E-state index is 12.8. The van der Waals surface area contributed by atoms with Crippen molar-refractivity contribution in [1.82, 2.24) is 15.5 Å². The highest BCUT2D eigenvalue weighted by Gasteiger charge is 2.54. The minimum Gasteiger partial charge on any atom is -0.445 e. The van der Waals surface area contributed by atoms with Gasteiger partial charge in [-0.2, -0.15) is 0 Å². The zero-order valence-electron chi connectivity index (χ0n) is 19.3. The van der Waals surface area contributed by atoms with Crippen LogP contribution in [0.15, 0.2) is 54.6 Å². The predicted molar refractivity (Wildman–Crippen MR) is 123 cm³/mol. The highest BCUT2D eigenvalue weighted by Crippen LogP contribution is 2.35. The van der Waals surface area contributed by atoms with E-state index in [2.05, 4.69) is 10.6 Å². The van der Waals surface area contributed by atoms with Crippen LogP contribution in [0.4, 0.5) is 4.79 Å². The maximum Gasteiger partial charge on any atom is 0.407 e. The number of rotatable bonds is 8. The number of amides is 4. The molecule has 5 rings (SSSR count). The quantitative estimate of drug-likeness (QED) is 0.407. The van der Waals surface area contributed by atoms with Crippen LogP contribution in [0.3, 0.4) is 0 Å². The third-order valence-electron chi connectivity index (χ3n) is 6.31. The van der Waals surface area contributed by atoms with E-state index in [9.17, 15) is 19.2 Å². The molecular weight excluding hydrogens is 470 g/mol. The van der Waals surface area contributed by atoms with Crippen molar-refractivity contribution in [2.45, 2.75) is 31.0 Å². The molecule has 2 aromatic carbocycles. The molecule has 188 valence electrons. The van der Waals surface area contributed by atoms with Gasteiger partial charge in [0.1, 0.15) is 38.2 Å². The van der Waals surface area contributed by atoms with Gasteiger partial charge in [0, 0.05) is 0 Å². The summed E-state index contributed by atoms with van der Waals surface area (Å²) >= 11 is 0. The van der Waals surface area contributed by atoms with Crippen LogP contribution in [0.25, 0.3) is 0 Å². The lowest BCUT2D eigenvalue weighted by Crippen LogP contribution is -2.47. The van der Waals surface area contributed by atoms with Crippen LogP contribution in [-0.4, -0.2) is 79.6 Å². The highest BCUT2D eigenvalue weighted by atomic mass is 16.6. The normalized spacial score (nSPS) is 24.4. The Hall–Kier alpha value is -3.80. The van der Waals surface area contributed by atoms with E-state index in [0.29, 0.717) is 11.1 Å². The van der Waals surface area contributed by atoms with Crippen molar-refractivity contribution in [3.63, 3.8) is 0 Å². The van der Waals surface area contributed by atoms with Crippen LogP contribution < -0.4 is 10.6 Å². The van der Waals surface area contributed by atoms with Crippen molar-refractivity contribution >= 4 is 23.8 Å². The number of carbonyl (C=O) groups is 4. The average Bonchev–Trinajstić information content (AvgIpc) is 3.56. The second kappa shape index (κ2) is 10.4. The summed E-state index contributed by atoms with van der Waals surface area (Å²) < 4.78 is 22.4. The van der Waals surface area contributed by atoms with Gasteiger partial charge >= 0.3 is 6.09 Å². The number of benzene rings is 2. The number of nitrogens with one attached hydrogen (secondary N) is 2. The Morgan fingerprint density at radius 1 is 0.889 bits per heavy atom. The van der Waals surface area contributed by atoms with Crippen LogP contribution in [0.1, 0.15) is 26.3 Å². The molecule has 2 aromatic rings. The predicted octanol–water partition coefficient (Wildman–Crippen LogP) is 0.834. The molecule has 2 N–H and O–H groups in total. The summed E-state index contributed by atoms with van der Waals surface area (Å²) in [5.41, 5.74) is 1.58. The number of alkyl carbamates (subject to hydrolysis) is 1. The molecule has 0 unspecified atom stereocenters. The standard InChI is InChI=1S/C25H25N3O8/c29-20(10-26-25(32)35-11-15-6-2-1-3-7-15)27-14-36-19-13-34-21-18(12-33-22(19)21)28-23(30)16-8-4-5-9-17(16)24(28)31/h1-9,18-19,21-22H,10-14H2,(H,26,32)(H,27,29)/t18-,19+,21+,22+/m0/s1. The molecule has 3 heterocycles. The number of nitrogens with zero attached hydrogens (tertiary/aromatic N) is 1. The van der Waals surface area contributed by atoms with E-state index in [-0.39, 0.29) is 44.9 Å². The van der Waals surface area contributed by atoms with E-state index in [0.717, 1.165) is 5.56 Å². The van der Waals surface area contributed by atoms with Gasteiger partial charge in [0.15, 0.2) is 0 Å². The van der Waals surface area contributed by atoms with Gasteiger partial charge in [-0.3, -0.25) is 19.3 Å². The molecule has 4 amide bonds. The molecule has 2 fully saturated rings. The Bertz CT molecular complexity index is 1120. The summed E-state index contributed by atoms with van der Waals surface area (Å²) in [4.78, 5) is 50.6. The van der Waals surface area contributed by atoms with Crippen molar-refractivity contribution in [3.8, 4) is 0 Å². The topological polar surface area (TPSA) is 132 Å². The van der Waals surface area contributed by atoms with Gasteiger partial charge in [-0.25, -0.2) is 4.79 Å². The molecule has 36 heavy (non-hydrogen) atoms. The van der Waals surface area contributed by atoms with Crippen molar-refractivity contribution < 1.29 is 38.1 Å². The molecule has 2 saturated heterocycles. The first-order valence-corrected chi connectivity index (χ1v) is 11.6. The first kappa shape index (κ1) is 23.9. The summed E-state index contributed by atoms with van der Waals surface area (Å²) in [5, 5.41) is 4.92. The zero-order valence-corrected chi connectivity index (χ0v) is 19.3. The first-order valence-electron chi connectivity index (χ1n) is 11.6. The van der Waals surface area contributed by atoms with Gasteiger partial charge in [-0.1, -0.05) is 42.5 Å². The van der Waals surface area contributed by atoms with Crippen LogP contribution in [-0.2, 0) is 30.3 Å². The maximum atomic E-state index is 12.8. The smallest absolute Gasteiger partial charge is 0.407 e. The Morgan fingerprint density at radius 2 is 1.56 bits per heavy atom. The van der Waals surface area contributed by atoms with Crippen molar-refractivity contribution in [3.05, 3.63) is 71.3 Å². The van der Waals surface area contributed by atoms with Crippen molar-refractivity contribution in [1.29, 1.82) is 0 Å². The molecule has 11 heteroatoms. The van der Waals surface area contributed by atoms with Crippen LogP contribution in [0.2, 0.25) is 0 Å². The lowest BCUT2D eigenvalue weighted by atomic mass is 10.1. The summed E-state index contributed by atoms with van der Waals surface area (Å²) in [7, 11) is 0. The Labute approximate surface area is 206 Å². The van der Waals surface area contributed by atoms with Crippen molar-refractivity contribution in [2.24, 2.45) is 0 Å². The van der Waals surface area contributed by atoms with E-state index >= 15 is 0 Å². The van der Waals surface area contributed by atoms with Gasteiger partial charge in [0.2, 0.25) is 5.91 Å². The fourth-order valence-corrected chi connectivity index (χ4v) is 4.54. The summed E-state index contributed by atoms with van der Waals surface area (Å²) in [6.45, 7) is 0.0285. The number of carbonyl (C=O) groups excluding carboxylic acids is 4. The third-order valence-corrected chi connectivity index (χ3v) is 6.31. The molecule has 0 saturated carbocycles. The van der Waals surface area contributed by atoms with E-state index in [1.807, 2.05) is 30.3 Å². The Balaban J connectivity index is 1.04. The minimum atomic E-state index is -0.708. The largest absolute Gasteiger partial charge is 0.445 e. The number of fused-ring (bicyclic) bond motifs is 2. The number of hydrogen-bond donors (Lipinski definition) is 2. The molecule has 0 spiro atoms. The Kier molecular flexibility index (Phi) is 6.94. The summed E-state index contributed by atoms with van der Waals surface area (Å²) in [5.74, 6) is -1.18. The molecule has 0 radical (unpaired) electrons. The lowest BCUT2D eigenvalue weighted by Gasteiger charge is -2.24. The van der Waals surface area contributed by atoms with Gasteiger partial charge in [0.25, 0.3) is 11.8 Å². The number of ether oxygens (including phenoxy) is 4. The molecule has 11 nitrogen and oxygen atoms in total. The first-order chi connectivity index (χ1) is 17.5. The van der Waals surface area contributed by atoms with Gasteiger partial charge in [0.05, 0.1) is 30.4 Å². The lowest BCUT2D eigenvalue weighted by molar-refractivity contribution is -0.123. The fourth-order valence-electron chi connectivity index (χ4n) is 4.54. The molecule has 3 aliphatic rings. The summed E-state index contributed by atoms with van der Waals surface area (Å²) in [6, 6.07) is 15.3.